The first kappa shape index (κ1) is 13.6. The van der Waals surface area contributed by atoms with Crippen molar-refractivity contribution < 1.29 is 9.53 Å². The number of halogens is 1. The van der Waals surface area contributed by atoms with Crippen molar-refractivity contribution in [2.45, 2.75) is 26.3 Å². The van der Waals surface area contributed by atoms with Crippen molar-refractivity contribution in [1.29, 1.82) is 0 Å². The smallest absolute Gasteiger partial charge is 0.159 e. The van der Waals surface area contributed by atoms with Crippen LogP contribution in [0.4, 0.5) is 5.69 Å². The van der Waals surface area contributed by atoms with E-state index in [4.69, 9.17) is 4.74 Å². The zero-order valence-corrected chi connectivity index (χ0v) is 12.4. The van der Waals surface area contributed by atoms with Crippen molar-refractivity contribution in [3.8, 4) is 0 Å². The number of hydrogen-bond donors (Lipinski definition) is 0. The van der Waals surface area contributed by atoms with Gasteiger partial charge in [-0.15, -0.1) is 0 Å². The van der Waals surface area contributed by atoms with Crippen LogP contribution in [0.2, 0.25) is 0 Å². The highest BCUT2D eigenvalue weighted by molar-refractivity contribution is 9.10. The summed E-state index contributed by atoms with van der Waals surface area (Å²) in [5.74, 6) is 0.0938. The minimum absolute atomic E-state index is 0.0938. The van der Waals surface area contributed by atoms with E-state index in [9.17, 15) is 4.79 Å². The summed E-state index contributed by atoms with van der Waals surface area (Å²) in [6.45, 7) is 6.19. The lowest BCUT2D eigenvalue weighted by Crippen LogP contribution is -2.45. The molecule has 2 rings (SSSR count). The molecule has 1 fully saturated rings. The molecule has 0 aliphatic carbocycles. The number of morpholine rings is 1. The van der Waals surface area contributed by atoms with Gasteiger partial charge >= 0.3 is 0 Å². The Morgan fingerprint density at radius 1 is 1.56 bits per heavy atom. The summed E-state index contributed by atoms with van der Waals surface area (Å²) in [6.07, 6.45) is 1.06. The van der Waals surface area contributed by atoms with Gasteiger partial charge in [0.25, 0.3) is 0 Å². The maximum absolute atomic E-state index is 11.4. The minimum Gasteiger partial charge on any atom is -0.377 e. The predicted molar refractivity (Wildman–Crippen MR) is 76.4 cm³/mol. The first-order valence-corrected chi connectivity index (χ1v) is 7.07. The summed E-state index contributed by atoms with van der Waals surface area (Å²) in [5.41, 5.74) is 1.89. The molecule has 1 aliphatic heterocycles. The quantitative estimate of drug-likeness (QED) is 0.802. The Balaban J connectivity index is 2.29. The lowest BCUT2D eigenvalue weighted by atomic mass is 10.1. The Morgan fingerprint density at radius 2 is 2.33 bits per heavy atom. The van der Waals surface area contributed by atoms with Gasteiger partial charge in [0.2, 0.25) is 0 Å². The summed E-state index contributed by atoms with van der Waals surface area (Å²) in [6, 6.07) is 6.23. The van der Waals surface area contributed by atoms with Crippen LogP contribution < -0.4 is 4.90 Å². The molecule has 18 heavy (non-hydrogen) atoms. The SMILES string of the molecule is CCC1COCCN1c1ccc(C(C)=O)cc1Br. The fourth-order valence-corrected chi connectivity index (χ4v) is 2.88. The fourth-order valence-electron chi connectivity index (χ4n) is 2.27. The molecule has 0 saturated carbocycles. The van der Waals surface area contributed by atoms with Crippen LogP contribution in [0, 0.1) is 0 Å². The molecular formula is C14H18BrNO2. The third-order valence-electron chi connectivity index (χ3n) is 3.36. The van der Waals surface area contributed by atoms with E-state index in [2.05, 4.69) is 27.8 Å². The van der Waals surface area contributed by atoms with E-state index in [0.717, 1.165) is 41.9 Å². The average molecular weight is 312 g/mol. The number of ether oxygens (including phenoxy) is 1. The number of anilines is 1. The Kier molecular flexibility index (Phi) is 4.40. The van der Waals surface area contributed by atoms with Gasteiger partial charge in [-0.25, -0.2) is 0 Å². The summed E-state index contributed by atoms with van der Waals surface area (Å²) in [4.78, 5) is 13.7. The van der Waals surface area contributed by atoms with Crippen molar-refractivity contribution in [1.82, 2.24) is 0 Å². The molecule has 1 aromatic rings. The Hall–Kier alpha value is -0.870. The van der Waals surface area contributed by atoms with Crippen LogP contribution in [0.15, 0.2) is 22.7 Å². The molecular weight excluding hydrogens is 294 g/mol. The van der Waals surface area contributed by atoms with Gasteiger partial charge in [-0.2, -0.15) is 0 Å². The van der Waals surface area contributed by atoms with E-state index >= 15 is 0 Å². The molecule has 1 atom stereocenters. The second-order valence-corrected chi connectivity index (χ2v) is 5.41. The predicted octanol–water partition coefficient (Wildman–Crippen LogP) is 3.27. The normalized spacial score (nSPS) is 19.9. The van der Waals surface area contributed by atoms with Crippen molar-refractivity contribution in [3.05, 3.63) is 28.2 Å². The Bertz CT molecular complexity index is 447. The average Bonchev–Trinajstić information content (AvgIpc) is 2.38. The molecule has 4 heteroatoms. The van der Waals surface area contributed by atoms with Gasteiger partial charge in [-0.1, -0.05) is 6.92 Å². The number of Topliss-reactive ketones (excluding diaryl/α,β-unsaturated/α-hetero) is 1. The standard InChI is InChI=1S/C14H18BrNO2/c1-3-12-9-18-7-6-16(12)14-5-4-11(10(2)17)8-13(14)15/h4-5,8,12H,3,6-7,9H2,1-2H3. The van der Waals surface area contributed by atoms with E-state index < -0.39 is 0 Å². The summed E-state index contributed by atoms with van der Waals surface area (Å²) in [5, 5.41) is 0. The van der Waals surface area contributed by atoms with Gasteiger partial charge in [-0.05, 0) is 47.5 Å². The number of rotatable bonds is 3. The van der Waals surface area contributed by atoms with Crippen LogP contribution in [0.5, 0.6) is 0 Å². The van der Waals surface area contributed by atoms with Gasteiger partial charge in [0.05, 0.1) is 24.9 Å². The monoisotopic (exact) mass is 311 g/mol. The first-order chi connectivity index (χ1) is 8.63. The van der Waals surface area contributed by atoms with E-state index in [1.54, 1.807) is 6.92 Å². The maximum Gasteiger partial charge on any atom is 0.159 e. The number of ketones is 1. The van der Waals surface area contributed by atoms with Crippen LogP contribution in [0.3, 0.4) is 0 Å². The number of nitrogens with zero attached hydrogens (tertiary/aromatic N) is 1. The summed E-state index contributed by atoms with van der Waals surface area (Å²) in [7, 11) is 0. The number of hydrogen-bond acceptors (Lipinski definition) is 3. The molecule has 0 spiro atoms. The van der Waals surface area contributed by atoms with Crippen LogP contribution in [0.25, 0.3) is 0 Å². The van der Waals surface area contributed by atoms with Crippen molar-refractivity contribution in [2.75, 3.05) is 24.7 Å². The molecule has 0 aromatic heterocycles. The molecule has 3 nitrogen and oxygen atoms in total. The van der Waals surface area contributed by atoms with Crippen molar-refractivity contribution in [3.63, 3.8) is 0 Å². The second-order valence-electron chi connectivity index (χ2n) is 4.55. The highest BCUT2D eigenvalue weighted by Gasteiger charge is 2.23. The Morgan fingerprint density at radius 3 is 2.94 bits per heavy atom. The summed E-state index contributed by atoms with van der Waals surface area (Å²) >= 11 is 3.57. The third-order valence-corrected chi connectivity index (χ3v) is 4.00. The maximum atomic E-state index is 11.4. The van der Waals surface area contributed by atoms with Gasteiger partial charge < -0.3 is 9.64 Å². The van der Waals surface area contributed by atoms with Crippen LogP contribution in [0.1, 0.15) is 30.6 Å². The van der Waals surface area contributed by atoms with Crippen molar-refractivity contribution in [2.24, 2.45) is 0 Å². The molecule has 0 N–H and O–H groups in total. The van der Waals surface area contributed by atoms with Gasteiger partial charge in [0.15, 0.2) is 5.78 Å². The van der Waals surface area contributed by atoms with E-state index in [1.807, 2.05) is 18.2 Å². The first-order valence-electron chi connectivity index (χ1n) is 6.28. The third kappa shape index (κ3) is 2.75. The zero-order chi connectivity index (χ0) is 13.1. The molecule has 0 bridgehead atoms. The van der Waals surface area contributed by atoms with Crippen LogP contribution in [-0.2, 0) is 4.74 Å². The van der Waals surface area contributed by atoms with Crippen molar-refractivity contribution >= 4 is 27.4 Å². The molecule has 0 amide bonds. The van der Waals surface area contributed by atoms with E-state index in [0.29, 0.717) is 6.04 Å². The van der Waals surface area contributed by atoms with Crippen LogP contribution >= 0.6 is 15.9 Å². The lowest BCUT2D eigenvalue weighted by molar-refractivity contribution is 0.0929. The second kappa shape index (κ2) is 5.85. The van der Waals surface area contributed by atoms with Gasteiger partial charge in [0, 0.05) is 16.6 Å². The largest absolute Gasteiger partial charge is 0.377 e. The lowest BCUT2D eigenvalue weighted by Gasteiger charge is -2.37. The molecule has 98 valence electrons. The number of benzene rings is 1. The summed E-state index contributed by atoms with van der Waals surface area (Å²) < 4.78 is 6.50. The van der Waals surface area contributed by atoms with E-state index in [-0.39, 0.29) is 5.78 Å². The number of carbonyl (C=O) groups is 1. The van der Waals surface area contributed by atoms with Gasteiger partial charge in [0.1, 0.15) is 0 Å². The van der Waals surface area contributed by atoms with Gasteiger partial charge in [-0.3, -0.25) is 4.79 Å². The van der Waals surface area contributed by atoms with Crippen LogP contribution in [-0.4, -0.2) is 31.6 Å². The molecule has 1 aromatic carbocycles. The highest BCUT2D eigenvalue weighted by Crippen LogP contribution is 2.30. The fraction of sp³-hybridized carbons (Fsp3) is 0.500. The molecule has 1 saturated heterocycles. The molecule has 1 heterocycles. The topological polar surface area (TPSA) is 29.5 Å². The molecule has 0 radical (unpaired) electrons. The zero-order valence-electron chi connectivity index (χ0n) is 10.8. The molecule has 1 aliphatic rings. The minimum atomic E-state index is 0.0938. The molecule has 1 unspecified atom stereocenters. The highest BCUT2D eigenvalue weighted by atomic mass is 79.9. The Labute approximate surface area is 116 Å². The van der Waals surface area contributed by atoms with E-state index in [1.165, 1.54) is 0 Å². The number of carbonyl (C=O) groups excluding carboxylic acids is 1.